The van der Waals surface area contributed by atoms with Gasteiger partial charge in [0.25, 0.3) is 5.56 Å². The van der Waals surface area contributed by atoms with Gasteiger partial charge < -0.3 is 14.6 Å². The Bertz CT molecular complexity index is 407. The number of hydrogen-bond donors (Lipinski definition) is 1. The van der Waals surface area contributed by atoms with Crippen molar-refractivity contribution in [2.75, 3.05) is 18.5 Å². The smallest absolute Gasteiger partial charge is 0.293 e. The van der Waals surface area contributed by atoms with Crippen molar-refractivity contribution in [3.8, 4) is 0 Å². The number of nitrogens with one attached hydrogen (secondary N) is 1. The summed E-state index contributed by atoms with van der Waals surface area (Å²) in [4.78, 5) is 15.7. The lowest BCUT2D eigenvalue weighted by Crippen LogP contribution is -2.38. The second-order valence-electron chi connectivity index (χ2n) is 4.18. The Morgan fingerprint density at radius 1 is 1.67 bits per heavy atom. The van der Waals surface area contributed by atoms with Gasteiger partial charge in [0.05, 0.1) is 12.1 Å². The van der Waals surface area contributed by atoms with E-state index in [4.69, 9.17) is 4.74 Å². The molecule has 2 heterocycles. The molecule has 82 valence electrons. The fourth-order valence-electron chi connectivity index (χ4n) is 1.64. The van der Waals surface area contributed by atoms with Crippen LogP contribution in [0.3, 0.4) is 0 Å². The molecule has 0 amide bonds. The topological polar surface area (TPSA) is 56.1 Å². The molecule has 0 radical (unpaired) electrons. The summed E-state index contributed by atoms with van der Waals surface area (Å²) in [6.45, 7) is 3.39. The van der Waals surface area contributed by atoms with Gasteiger partial charge in [0.2, 0.25) is 0 Å². The fourth-order valence-corrected chi connectivity index (χ4v) is 1.64. The van der Waals surface area contributed by atoms with E-state index in [-0.39, 0.29) is 11.1 Å². The quantitative estimate of drug-likeness (QED) is 0.764. The highest BCUT2D eigenvalue weighted by Crippen LogP contribution is 2.20. The summed E-state index contributed by atoms with van der Waals surface area (Å²) in [7, 11) is 1.71. The molecule has 15 heavy (non-hydrogen) atoms. The van der Waals surface area contributed by atoms with E-state index in [1.54, 1.807) is 19.4 Å². The summed E-state index contributed by atoms with van der Waals surface area (Å²) in [5.74, 6) is 0.396. The first kappa shape index (κ1) is 10.2. The molecular formula is C10H15N3O2. The van der Waals surface area contributed by atoms with E-state index in [2.05, 4.69) is 10.3 Å². The van der Waals surface area contributed by atoms with Crippen molar-refractivity contribution in [1.29, 1.82) is 0 Å². The van der Waals surface area contributed by atoms with Crippen LogP contribution in [-0.2, 0) is 11.8 Å². The minimum Gasteiger partial charge on any atom is -0.379 e. The number of hydrogen-bond acceptors (Lipinski definition) is 4. The number of anilines is 1. The van der Waals surface area contributed by atoms with Crippen LogP contribution in [0.4, 0.5) is 5.82 Å². The number of aromatic nitrogens is 2. The van der Waals surface area contributed by atoms with Crippen LogP contribution in [0, 0.1) is 0 Å². The van der Waals surface area contributed by atoms with E-state index in [1.165, 1.54) is 4.57 Å². The molecule has 1 atom stereocenters. The molecule has 0 saturated carbocycles. The van der Waals surface area contributed by atoms with Gasteiger partial charge in [-0.15, -0.1) is 0 Å². The molecule has 1 aromatic rings. The second kappa shape index (κ2) is 3.66. The highest BCUT2D eigenvalue weighted by Gasteiger charge is 2.30. The third kappa shape index (κ3) is 2.02. The molecule has 0 bridgehead atoms. The van der Waals surface area contributed by atoms with Crippen LogP contribution in [0.15, 0.2) is 17.2 Å². The Labute approximate surface area is 88.1 Å². The summed E-state index contributed by atoms with van der Waals surface area (Å²) in [5.41, 5.74) is -0.272. The number of aryl methyl sites for hydroxylation is 1. The predicted molar refractivity (Wildman–Crippen MR) is 56.9 cm³/mol. The SMILES string of the molecule is Cn1ccnc(NC2(C)CCOC2)c1=O. The van der Waals surface area contributed by atoms with Gasteiger partial charge in [0, 0.05) is 26.0 Å². The Kier molecular flexibility index (Phi) is 2.48. The van der Waals surface area contributed by atoms with Crippen LogP contribution in [-0.4, -0.2) is 28.3 Å². The van der Waals surface area contributed by atoms with Crippen molar-refractivity contribution in [1.82, 2.24) is 9.55 Å². The van der Waals surface area contributed by atoms with Crippen LogP contribution in [0.25, 0.3) is 0 Å². The number of rotatable bonds is 2. The summed E-state index contributed by atoms with van der Waals surface area (Å²) in [5, 5.41) is 3.16. The van der Waals surface area contributed by atoms with E-state index in [0.717, 1.165) is 13.0 Å². The van der Waals surface area contributed by atoms with Crippen molar-refractivity contribution in [3.63, 3.8) is 0 Å². The normalized spacial score (nSPS) is 25.5. The maximum Gasteiger partial charge on any atom is 0.293 e. The Hall–Kier alpha value is -1.36. The number of nitrogens with zero attached hydrogens (tertiary/aromatic N) is 2. The average molecular weight is 209 g/mol. The van der Waals surface area contributed by atoms with Crippen molar-refractivity contribution >= 4 is 5.82 Å². The number of ether oxygens (including phenoxy) is 1. The van der Waals surface area contributed by atoms with Crippen LogP contribution in [0.5, 0.6) is 0 Å². The molecule has 1 N–H and O–H groups in total. The fraction of sp³-hybridized carbons (Fsp3) is 0.600. The average Bonchev–Trinajstić information content (AvgIpc) is 2.60. The first-order valence-corrected chi connectivity index (χ1v) is 4.98. The summed E-state index contributed by atoms with van der Waals surface area (Å²) >= 11 is 0. The molecule has 1 fully saturated rings. The van der Waals surface area contributed by atoms with Crippen LogP contribution in [0.2, 0.25) is 0 Å². The van der Waals surface area contributed by atoms with E-state index in [0.29, 0.717) is 12.4 Å². The molecule has 1 saturated heterocycles. The minimum absolute atomic E-state index is 0.106. The molecule has 2 rings (SSSR count). The van der Waals surface area contributed by atoms with Crippen molar-refractivity contribution in [2.24, 2.45) is 7.05 Å². The van der Waals surface area contributed by atoms with Gasteiger partial charge in [-0.25, -0.2) is 4.98 Å². The molecule has 1 unspecified atom stereocenters. The Balaban J connectivity index is 2.24. The van der Waals surface area contributed by atoms with Gasteiger partial charge in [-0.1, -0.05) is 0 Å². The molecule has 1 aliphatic rings. The summed E-state index contributed by atoms with van der Waals surface area (Å²) in [6.07, 6.45) is 4.15. The molecule has 0 spiro atoms. The molecule has 1 aromatic heterocycles. The molecular weight excluding hydrogens is 194 g/mol. The van der Waals surface area contributed by atoms with Crippen LogP contribution >= 0.6 is 0 Å². The highest BCUT2D eigenvalue weighted by molar-refractivity contribution is 5.35. The van der Waals surface area contributed by atoms with E-state index in [1.807, 2.05) is 6.92 Å². The maximum absolute atomic E-state index is 11.7. The molecule has 0 aromatic carbocycles. The summed E-state index contributed by atoms with van der Waals surface area (Å²) < 4.78 is 6.81. The monoisotopic (exact) mass is 209 g/mol. The molecule has 1 aliphatic heterocycles. The van der Waals surface area contributed by atoms with Crippen molar-refractivity contribution in [3.05, 3.63) is 22.7 Å². The van der Waals surface area contributed by atoms with Gasteiger partial charge in [-0.2, -0.15) is 0 Å². The van der Waals surface area contributed by atoms with Gasteiger partial charge in [-0.05, 0) is 13.3 Å². The van der Waals surface area contributed by atoms with Crippen LogP contribution in [0.1, 0.15) is 13.3 Å². The minimum atomic E-state index is -0.166. The third-order valence-electron chi connectivity index (χ3n) is 2.66. The first-order valence-electron chi connectivity index (χ1n) is 4.98. The zero-order valence-electron chi connectivity index (χ0n) is 8.99. The summed E-state index contributed by atoms with van der Waals surface area (Å²) in [6, 6.07) is 0. The lowest BCUT2D eigenvalue weighted by atomic mass is 10.0. The predicted octanol–water partition coefficient (Wildman–Crippen LogP) is 0.371. The zero-order chi connectivity index (χ0) is 10.9. The largest absolute Gasteiger partial charge is 0.379 e. The lowest BCUT2D eigenvalue weighted by Gasteiger charge is -2.23. The van der Waals surface area contributed by atoms with E-state index < -0.39 is 0 Å². The standard InChI is InChI=1S/C10H15N3O2/c1-10(3-6-15-7-10)12-8-9(14)13(2)5-4-11-8/h4-5H,3,6-7H2,1-2H3,(H,11,12). The Morgan fingerprint density at radius 3 is 3.13 bits per heavy atom. The second-order valence-corrected chi connectivity index (χ2v) is 4.18. The maximum atomic E-state index is 11.7. The van der Waals surface area contributed by atoms with Crippen molar-refractivity contribution < 1.29 is 4.74 Å². The molecule has 0 aliphatic carbocycles. The lowest BCUT2D eigenvalue weighted by molar-refractivity contribution is 0.185. The van der Waals surface area contributed by atoms with Gasteiger partial charge in [0.15, 0.2) is 5.82 Å². The zero-order valence-corrected chi connectivity index (χ0v) is 8.99. The van der Waals surface area contributed by atoms with E-state index >= 15 is 0 Å². The van der Waals surface area contributed by atoms with Crippen molar-refractivity contribution in [2.45, 2.75) is 18.9 Å². The van der Waals surface area contributed by atoms with Gasteiger partial charge in [-0.3, -0.25) is 4.79 Å². The van der Waals surface area contributed by atoms with E-state index in [9.17, 15) is 4.79 Å². The highest BCUT2D eigenvalue weighted by atomic mass is 16.5. The Morgan fingerprint density at radius 2 is 2.47 bits per heavy atom. The third-order valence-corrected chi connectivity index (χ3v) is 2.66. The first-order chi connectivity index (χ1) is 7.11. The van der Waals surface area contributed by atoms with Crippen LogP contribution < -0.4 is 10.9 Å². The van der Waals surface area contributed by atoms with Gasteiger partial charge in [0.1, 0.15) is 0 Å². The van der Waals surface area contributed by atoms with Gasteiger partial charge >= 0.3 is 0 Å². The molecule has 5 nitrogen and oxygen atoms in total. The molecule has 5 heteroatoms.